The van der Waals surface area contributed by atoms with Crippen LogP contribution >= 0.6 is 0 Å². The molecular formula is C24H26O8S2. The van der Waals surface area contributed by atoms with E-state index in [-0.39, 0.29) is 22.6 Å². The Balaban J connectivity index is 2.08. The molecule has 0 bridgehead atoms. The molecule has 2 aromatic rings. The van der Waals surface area contributed by atoms with Crippen LogP contribution in [0, 0.1) is 5.41 Å². The number of rotatable bonds is 6. The number of hydrogen-bond donors (Lipinski definition) is 0. The van der Waals surface area contributed by atoms with Gasteiger partial charge < -0.3 is 9.47 Å². The fourth-order valence-electron chi connectivity index (χ4n) is 6.01. The molecule has 182 valence electrons. The van der Waals surface area contributed by atoms with Gasteiger partial charge >= 0.3 is 11.9 Å². The first-order chi connectivity index (χ1) is 16.0. The zero-order chi connectivity index (χ0) is 24.8. The van der Waals surface area contributed by atoms with Crippen LogP contribution in [0.15, 0.2) is 70.5 Å². The Kier molecular flexibility index (Phi) is 5.88. The molecule has 0 aliphatic heterocycles. The molecule has 0 unspecified atom stereocenters. The summed E-state index contributed by atoms with van der Waals surface area (Å²) >= 11 is 0. The van der Waals surface area contributed by atoms with Crippen LogP contribution in [-0.4, -0.2) is 52.5 Å². The van der Waals surface area contributed by atoms with E-state index in [1.54, 1.807) is 36.4 Å². The fourth-order valence-corrected chi connectivity index (χ4v) is 11.6. The van der Waals surface area contributed by atoms with Crippen LogP contribution in [0.1, 0.15) is 32.1 Å². The van der Waals surface area contributed by atoms with E-state index >= 15 is 0 Å². The maximum Gasteiger partial charge on any atom is 0.323 e. The van der Waals surface area contributed by atoms with Gasteiger partial charge in [-0.15, -0.1) is 0 Å². The minimum atomic E-state index is -4.34. The van der Waals surface area contributed by atoms with Gasteiger partial charge in [-0.3, -0.25) is 9.59 Å². The van der Waals surface area contributed by atoms with Crippen molar-refractivity contribution in [3.05, 3.63) is 60.7 Å². The number of benzene rings is 2. The minimum absolute atomic E-state index is 0.0218. The highest BCUT2D eigenvalue weighted by Crippen LogP contribution is 2.67. The van der Waals surface area contributed by atoms with Gasteiger partial charge in [-0.1, -0.05) is 42.8 Å². The van der Waals surface area contributed by atoms with Crippen LogP contribution < -0.4 is 0 Å². The van der Waals surface area contributed by atoms with Gasteiger partial charge in [0.05, 0.1) is 33.5 Å². The Morgan fingerprint density at radius 1 is 0.676 bits per heavy atom. The summed E-state index contributed by atoms with van der Waals surface area (Å²) in [6, 6.07) is 15.1. The Bertz CT molecular complexity index is 1220. The number of esters is 2. The predicted octanol–water partition coefficient (Wildman–Crippen LogP) is 2.72. The lowest BCUT2D eigenvalue weighted by Crippen LogP contribution is -2.55. The van der Waals surface area contributed by atoms with E-state index in [4.69, 9.17) is 9.47 Å². The Hall–Kier alpha value is -2.72. The van der Waals surface area contributed by atoms with Crippen LogP contribution in [0.4, 0.5) is 0 Å². The van der Waals surface area contributed by atoms with Crippen LogP contribution in [-0.2, 0) is 38.7 Å². The number of fused-ring (bicyclic) bond motifs is 1. The molecule has 34 heavy (non-hydrogen) atoms. The van der Waals surface area contributed by atoms with Gasteiger partial charge in [0, 0.05) is 0 Å². The van der Waals surface area contributed by atoms with Crippen molar-refractivity contribution >= 4 is 31.6 Å². The SMILES string of the molecule is COC(=O)C1(C(=O)OC)C[C@@]2(S(=O)(=O)c3ccccc3)CCC[C@@]2(S(=O)(=O)c2ccccc2)C1. The second kappa shape index (κ2) is 8.20. The summed E-state index contributed by atoms with van der Waals surface area (Å²) in [5.41, 5.74) is -2.08. The molecule has 2 aliphatic rings. The average Bonchev–Trinajstić information content (AvgIpc) is 3.38. The molecule has 2 aliphatic carbocycles. The van der Waals surface area contributed by atoms with Crippen molar-refractivity contribution in [1.82, 2.24) is 0 Å². The summed E-state index contributed by atoms with van der Waals surface area (Å²) in [5, 5.41) is 0. The van der Waals surface area contributed by atoms with Crippen LogP contribution in [0.3, 0.4) is 0 Å². The van der Waals surface area contributed by atoms with Crippen LogP contribution in [0.2, 0.25) is 0 Å². The lowest BCUT2D eigenvalue weighted by molar-refractivity contribution is -0.169. The van der Waals surface area contributed by atoms with Crippen molar-refractivity contribution in [2.45, 2.75) is 51.4 Å². The van der Waals surface area contributed by atoms with E-state index in [1.807, 2.05) is 0 Å². The highest BCUT2D eigenvalue weighted by molar-refractivity contribution is 7.97. The molecule has 0 radical (unpaired) electrons. The number of carbonyl (C=O) groups is 2. The molecule has 0 spiro atoms. The maximum atomic E-state index is 14.3. The molecule has 2 aromatic carbocycles. The first-order valence-electron chi connectivity index (χ1n) is 10.8. The molecule has 2 saturated carbocycles. The van der Waals surface area contributed by atoms with E-state index in [2.05, 4.69) is 0 Å². The summed E-state index contributed by atoms with van der Waals surface area (Å²) in [6.45, 7) is 0. The van der Waals surface area contributed by atoms with Crippen molar-refractivity contribution in [2.24, 2.45) is 5.41 Å². The second-order valence-electron chi connectivity index (χ2n) is 8.89. The third kappa shape index (κ3) is 3.00. The van der Waals surface area contributed by atoms with Crippen molar-refractivity contribution in [3.8, 4) is 0 Å². The van der Waals surface area contributed by atoms with E-state index in [0.717, 1.165) is 14.2 Å². The lowest BCUT2D eigenvalue weighted by atomic mass is 9.83. The van der Waals surface area contributed by atoms with E-state index in [1.165, 1.54) is 24.3 Å². The van der Waals surface area contributed by atoms with E-state index < -0.39 is 59.4 Å². The number of ether oxygens (including phenoxy) is 2. The average molecular weight is 507 g/mol. The predicted molar refractivity (Wildman–Crippen MR) is 122 cm³/mol. The third-order valence-corrected chi connectivity index (χ3v) is 12.9. The van der Waals surface area contributed by atoms with Gasteiger partial charge in [0.2, 0.25) is 0 Å². The highest BCUT2D eigenvalue weighted by atomic mass is 32.2. The quantitative estimate of drug-likeness (QED) is 0.433. The zero-order valence-electron chi connectivity index (χ0n) is 18.9. The second-order valence-corrected chi connectivity index (χ2v) is 13.4. The maximum absolute atomic E-state index is 14.3. The molecule has 0 amide bonds. The van der Waals surface area contributed by atoms with Crippen molar-refractivity contribution in [3.63, 3.8) is 0 Å². The zero-order valence-corrected chi connectivity index (χ0v) is 20.5. The third-order valence-electron chi connectivity index (χ3n) is 7.45. The lowest BCUT2D eigenvalue weighted by Gasteiger charge is -2.39. The Labute approximate surface area is 199 Å². The molecule has 2 fully saturated rings. The molecule has 4 rings (SSSR count). The number of hydrogen-bond acceptors (Lipinski definition) is 8. The molecule has 8 nitrogen and oxygen atoms in total. The van der Waals surface area contributed by atoms with Gasteiger partial charge in [-0.2, -0.15) is 0 Å². The van der Waals surface area contributed by atoms with E-state index in [9.17, 15) is 26.4 Å². The van der Waals surface area contributed by atoms with Crippen molar-refractivity contribution in [2.75, 3.05) is 14.2 Å². The van der Waals surface area contributed by atoms with Crippen molar-refractivity contribution in [1.29, 1.82) is 0 Å². The molecule has 0 aromatic heterocycles. The summed E-state index contributed by atoms with van der Waals surface area (Å²) < 4.78 is 63.0. The van der Waals surface area contributed by atoms with Crippen molar-refractivity contribution < 1.29 is 35.9 Å². The van der Waals surface area contributed by atoms with Gasteiger partial charge in [-0.05, 0) is 49.9 Å². The van der Waals surface area contributed by atoms with Crippen LogP contribution in [0.25, 0.3) is 0 Å². The number of carbonyl (C=O) groups excluding carboxylic acids is 2. The van der Waals surface area contributed by atoms with Gasteiger partial charge in [0.15, 0.2) is 25.1 Å². The molecule has 0 N–H and O–H groups in total. The highest BCUT2D eigenvalue weighted by Gasteiger charge is 2.79. The number of methoxy groups -OCH3 is 2. The first-order valence-corrected chi connectivity index (χ1v) is 13.8. The molecule has 0 heterocycles. The summed E-state index contributed by atoms with van der Waals surface area (Å²) in [6.07, 6.45) is -0.820. The summed E-state index contributed by atoms with van der Waals surface area (Å²) in [4.78, 5) is 26.0. The summed E-state index contributed by atoms with van der Waals surface area (Å²) in [5.74, 6) is -2.00. The van der Waals surface area contributed by atoms with Gasteiger partial charge in [0.1, 0.15) is 0 Å². The Morgan fingerprint density at radius 2 is 1.03 bits per heavy atom. The minimum Gasteiger partial charge on any atom is -0.468 e. The molecule has 10 heteroatoms. The smallest absolute Gasteiger partial charge is 0.323 e. The van der Waals surface area contributed by atoms with Gasteiger partial charge in [0.25, 0.3) is 0 Å². The van der Waals surface area contributed by atoms with Crippen LogP contribution in [0.5, 0.6) is 0 Å². The standard InChI is InChI=1S/C24H26O8S2/c1-31-20(25)22(21(26)32-2)16-23(33(27,28)18-10-5-3-6-11-18)14-9-15-24(23,17-22)34(29,30)19-12-7-4-8-13-19/h3-8,10-13H,9,14-17H2,1-2H3/t23-,24+. The molecule has 2 atom stereocenters. The summed E-state index contributed by atoms with van der Waals surface area (Å²) in [7, 11) is -6.51. The normalized spacial score (nSPS) is 25.9. The monoisotopic (exact) mass is 506 g/mol. The van der Waals surface area contributed by atoms with E-state index in [0.29, 0.717) is 6.42 Å². The largest absolute Gasteiger partial charge is 0.468 e. The first kappa shape index (κ1) is 24.4. The van der Waals surface area contributed by atoms with Gasteiger partial charge in [-0.25, -0.2) is 16.8 Å². The number of sulfone groups is 2. The topological polar surface area (TPSA) is 121 Å². The molecule has 0 saturated heterocycles. The fraction of sp³-hybridized carbons (Fsp3) is 0.417. The molecular weight excluding hydrogens is 480 g/mol. The Morgan fingerprint density at radius 3 is 1.35 bits per heavy atom.